The normalized spacial score (nSPS) is 12.4. The molecule has 0 unspecified atom stereocenters. The molecule has 0 aliphatic rings. The predicted molar refractivity (Wildman–Crippen MR) is 79.0 cm³/mol. The van der Waals surface area contributed by atoms with Gasteiger partial charge in [-0.15, -0.1) is 0 Å². The lowest BCUT2D eigenvalue weighted by atomic mass is 10.1. The highest BCUT2D eigenvalue weighted by Gasteiger charge is 2.24. The molecule has 1 aromatic rings. The Bertz CT molecular complexity index is 383. The molecule has 3 nitrogen and oxygen atoms in total. The number of anilines is 1. The Hall–Kier alpha value is -0.990. The number of unbranched alkanes of at least 4 members (excludes halogenated alkanes) is 2. The van der Waals surface area contributed by atoms with E-state index in [0.717, 1.165) is 23.8 Å². The summed E-state index contributed by atoms with van der Waals surface area (Å²) >= 11 is 0. The number of imidazole rings is 1. The highest BCUT2D eigenvalue weighted by molar-refractivity contribution is 5.40. The first-order chi connectivity index (χ1) is 8.29. The van der Waals surface area contributed by atoms with Gasteiger partial charge in [-0.2, -0.15) is 0 Å². The molecule has 1 rings (SSSR count). The molecule has 0 aromatic carbocycles. The van der Waals surface area contributed by atoms with Gasteiger partial charge in [0.2, 0.25) is 0 Å². The first-order valence-electron chi connectivity index (χ1n) is 7.16. The van der Waals surface area contributed by atoms with Gasteiger partial charge in [0, 0.05) is 11.5 Å². The van der Waals surface area contributed by atoms with Crippen LogP contribution in [0.25, 0.3) is 0 Å². The second-order valence-corrected chi connectivity index (χ2v) is 6.42. The van der Waals surface area contributed by atoms with Crippen LogP contribution in [0.2, 0.25) is 0 Å². The Morgan fingerprint density at radius 2 is 1.83 bits per heavy atom. The van der Waals surface area contributed by atoms with E-state index in [1.807, 2.05) is 0 Å². The van der Waals surface area contributed by atoms with Crippen LogP contribution in [0.1, 0.15) is 78.2 Å². The molecule has 3 heteroatoms. The van der Waals surface area contributed by atoms with E-state index in [1.54, 1.807) is 0 Å². The summed E-state index contributed by atoms with van der Waals surface area (Å²) in [7, 11) is 0. The standard InChI is InChI=1S/C15H29N3/c1-7-8-9-10-12-13(16)18(15(4,5)6)14(17-12)11(2)3/h11H,7-10,16H2,1-6H3. The van der Waals surface area contributed by atoms with Crippen molar-refractivity contribution < 1.29 is 0 Å². The molecule has 0 aliphatic carbocycles. The minimum atomic E-state index is -0.000305. The summed E-state index contributed by atoms with van der Waals surface area (Å²) in [6.45, 7) is 13.1. The molecule has 0 atom stereocenters. The third-order valence-corrected chi connectivity index (χ3v) is 3.22. The van der Waals surface area contributed by atoms with E-state index in [1.165, 1.54) is 19.3 Å². The lowest BCUT2D eigenvalue weighted by molar-refractivity contribution is 0.382. The molecule has 0 radical (unpaired) electrons. The van der Waals surface area contributed by atoms with Crippen LogP contribution in [0.5, 0.6) is 0 Å². The molecule has 104 valence electrons. The average molecular weight is 251 g/mol. The summed E-state index contributed by atoms with van der Waals surface area (Å²) in [5.74, 6) is 2.39. The fourth-order valence-electron chi connectivity index (χ4n) is 2.32. The van der Waals surface area contributed by atoms with E-state index in [-0.39, 0.29) is 5.54 Å². The Kier molecular flexibility index (Phi) is 4.83. The number of aromatic nitrogens is 2. The van der Waals surface area contributed by atoms with Crippen molar-refractivity contribution in [1.29, 1.82) is 0 Å². The van der Waals surface area contributed by atoms with E-state index >= 15 is 0 Å². The zero-order valence-electron chi connectivity index (χ0n) is 12.9. The summed E-state index contributed by atoms with van der Waals surface area (Å²) in [6, 6.07) is 0. The first-order valence-corrected chi connectivity index (χ1v) is 7.16. The van der Waals surface area contributed by atoms with Gasteiger partial charge in [0.25, 0.3) is 0 Å². The molecule has 2 N–H and O–H groups in total. The lowest BCUT2D eigenvalue weighted by Crippen LogP contribution is -2.26. The van der Waals surface area contributed by atoms with Gasteiger partial charge in [-0.05, 0) is 33.6 Å². The van der Waals surface area contributed by atoms with Crippen LogP contribution in [-0.2, 0) is 12.0 Å². The number of rotatable bonds is 5. The fourth-order valence-corrected chi connectivity index (χ4v) is 2.32. The SMILES string of the molecule is CCCCCc1nc(C(C)C)n(C(C)(C)C)c1N. The van der Waals surface area contributed by atoms with Crippen LogP contribution >= 0.6 is 0 Å². The summed E-state index contributed by atoms with van der Waals surface area (Å²) in [5, 5.41) is 0. The molecular weight excluding hydrogens is 222 g/mol. The summed E-state index contributed by atoms with van der Waals surface area (Å²) < 4.78 is 2.21. The van der Waals surface area contributed by atoms with Crippen molar-refractivity contribution in [2.24, 2.45) is 0 Å². The van der Waals surface area contributed by atoms with Crippen molar-refractivity contribution in [1.82, 2.24) is 9.55 Å². The molecular formula is C15H29N3. The second kappa shape index (κ2) is 5.77. The van der Waals surface area contributed by atoms with Crippen LogP contribution in [0.4, 0.5) is 5.82 Å². The van der Waals surface area contributed by atoms with Crippen LogP contribution < -0.4 is 5.73 Å². The van der Waals surface area contributed by atoms with Gasteiger partial charge < -0.3 is 10.3 Å². The summed E-state index contributed by atoms with van der Waals surface area (Å²) in [5.41, 5.74) is 7.40. The predicted octanol–water partition coefficient (Wildman–Crippen LogP) is 4.08. The average Bonchev–Trinajstić information content (AvgIpc) is 2.56. The van der Waals surface area contributed by atoms with E-state index in [4.69, 9.17) is 10.7 Å². The van der Waals surface area contributed by atoms with E-state index in [2.05, 4.69) is 46.1 Å². The van der Waals surface area contributed by atoms with Gasteiger partial charge in [-0.25, -0.2) is 4.98 Å². The molecule has 0 saturated heterocycles. The van der Waals surface area contributed by atoms with Crippen molar-refractivity contribution in [2.45, 2.75) is 78.7 Å². The van der Waals surface area contributed by atoms with Crippen molar-refractivity contribution in [3.8, 4) is 0 Å². The largest absolute Gasteiger partial charge is 0.384 e. The number of nitrogens with zero attached hydrogens (tertiary/aromatic N) is 2. The number of hydrogen-bond donors (Lipinski definition) is 1. The van der Waals surface area contributed by atoms with Gasteiger partial charge in [0.05, 0.1) is 5.69 Å². The highest BCUT2D eigenvalue weighted by atomic mass is 15.2. The van der Waals surface area contributed by atoms with Gasteiger partial charge in [0.1, 0.15) is 11.6 Å². The van der Waals surface area contributed by atoms with Gasteiger partial charge in [-0.1, -0.05) is 33.6 Å². The first kappa shape index (κ1) is 15.1. The van der Waals surface area contributed by atoms with Crippen molar-refractivity contribution in [3.63, 3.8) is 0 Å². The Morgan fingerprint density at radius 1 is 1.22 bits per heavy atom. The summed E-state index contributed by atoms with van der Waals surface area (Å²) in [4.78, 5) is 4.79. The third kappa shape index (κ3) is 3.27. The second-order valence-electron chi connectivity index (χ2n) is 6.42. The minimum Gasteiger partial charge on any atom is -0.384 e. The maximum absolute atomic E-state index is 6.31. The maximum Gasteiger partial charge on any atom is 0.127 e. The highest BCUT2D eigenvalue weighted by Crippen LogP contribution is 2.29. The number of nitrogens with two attached hydrogens (primary N) is 1. The van der Waals surface area contributed by atoms with Gasteiger partial charge in [-0.3, -0.25) is 0 Å². The van der Waals surface area contributed by atoms with Crippen molar-refractivity contribution in [2.75, 3.05) is 5.73 Å². The lowest BCUT2D eigenvalue weighted by Gasteiger charge is -2.26. The molecule has 1 heterocycles. The Morgan fingerprint density at radius 3 is 2.22 bits per heavy atom. The van der Waals surface area contributed by atoms with Crippen LogP contribution in [0, 0.1) is 0 Å². The molecule has 0 bridgehead atoms. The van der Waals surface area contributed by atoms with E-state index < -0.39 is 0 Å². The smallest absolute Gasteiger partial charge is 0.127 e. The van der Waals surface area contributed by atoms with Crippen molar-refractivity contribution >= 4 is 5.82 Å². The number of nitrogen functional groups attached to an aromatic ring is 1. The molecule has 0 spiro atoms. The van der Waals surface area contributed by atoms with Crippen LogP contribution in [0.3, 0.4) is 0 Å². The zero-order valence-corrected chi connectivity index (χ0v) is 12.9. The van der Waals surface area contributed by atoms with Crippen LogP contribution in [0.15, 0.2) is 0 Å². The number of aryl methyl sites for hydroxylation is 1. The van der Waals surface area contributed by atoms with E-state index in [0.29, 0.717) is 5.92 Å². The molecule has 0 fully saturated rings. The molecule has 1 aromatic heterocycles. The minimum absolute atomic E-state index is 0.000305. The zero-order chi connectivity index (χ0) is 13.9. The monoisotopic (exact) mass is 251 g/mol. The molecule has 18 heavy (non-hydrogen) atoms. The molecule has 0 amide bonds. The topological polar surface area (TPSA) is 43.8 Å². The van der Waals surface area contributed by atoms with Crippen LogP contribution in [-0.4, -0.2) is 9.55 Å². The third-order valence-electron chi connectivity index (χ3n) is 3.22. The number of hydrogen-bond acceptors (Lipinski definition) is 2. The van der Waals surface area contributed by atoms with Gasteiger partial charge >= 0.3 is 0 Å². The quantitative estimate of drug-likeness (QED) is 0.801. The summed E-state index contributed by atoms with van der Waals surface area (Å²) in [6.07, 6.45) is 4.66. The Balaban J connectivity index is 3.08. The van der Waals surface area contributed by atoms with Gasteiger partial charge in [0.15, 0.2) is 0 Å². The maximum atomic E-state index is 6.31. The Labute approximate surface area is 112 Å². The van der Waals surface area contributed by atoms with E-state index in [9.17, 15) is 0 Å². The van der Waals surface area contributed by atoms with Crippen molar-refractivity contribution in [3.05, 3.63) is 11.5 Å². The molecule has 0 aliphatic heterocycles. The fraction of sp³-hybridized carbons (Fsp3) is 0.800. The molecule has 0 saturated carbocycles.